The van der Waals surface area contributed by atoms with Crippen LogP contribution in [-0.4, -0.2) is 126 Å². The SMILES string of the molecule is CN[C@@H](C)C(=O)N[C@H](C(=O)N1C[C@H](CC(=O)c2ccc(C(=O)N[C@@H]3C[C@@H](C(=O)N[C@@H]4CCCc5ccccc54)N(C(=O)[C@@H](NC(=O)[C@H](C)NC)C(C)(C)C)C3)cc2)C[C@H]1C(=O)N[C@@H]1CCCc2ccccc21)C(C)(C)C. The number of Topliss-reactive ketones (excluding diaryl/α,β-unsaturated/α-hetero) is 1. The summed E-state index contributed by atoms with van der Waals surface area (Å²) in [6, 6.07) is 16.4. The second-order valence-corrected chi connectivity index (χ2v) is 23.7. The zero-order valence-electron chi connectivity index (χ0n) is 46.1. The summed E-state index contributed by atoms with van der Waals surface area (Å²) in [4.78, 5) is 116. The highest BCUT2D eigenvalue weighted by atomic mass is 16.2. The average Bonchev–Trinajstić information content (AvgIpc) is 4.03. The average molecular weight is 1040 g/mol. The number of carbonyl (C=O) groups is 8. The second-order valence-electron chi connectivity index (χ2n) is 23.7. The summed E-state index contributed by atoms with van der Waals surface area (Å²) < 4.78 is 0. The van der Waals surface area contributed by atoms with Gasteiger partial charge in [-0.15, -0.1) is 0 Å². The molecule has 3 aromatic rings. The molecule has 4 aliphatic rings. The first kappa shape index (κ1) is 57.2. The summed E-state index contributed by atoms with van der Waals surface area (Å²) in [6.45, 7) is 14.7. The lowest BCUT2D eigenvalue weighted by molar-refractivity contribution is -0.144. The summed E-state index contributed by atoms with van der Waals surface area (Å²) in [5, 5.41) is 21.2. The van der Waals surface area contributed by atoms with Crippen LogP contribution in [0.15, 0.2) is 72.8 Å². The maximum absolute atomic E-state index is 14.7. The summed E-state index contributed by atoms with van der Waals surface area (Å²) in [5.74, 6) is -3.23. The Labute approximate surface area is 448 Å². The van der Waals surface area contributed by atoms with Gasteiger partial charge in [0.25, 0.3) is 5.91 Å². The van der Waals surface area contributed by atoms with Gasteiger partial charge >= 0.3 is 0 Å². The van der Waals surface area contributed by atoms with E-state index in [-0.39, 0.29) is 85.3 Å². The zero-order valence-corrected chi connectivity index (χ0v) is 46.1. The Morgan fingerprint density at radius 3 is 1.46 bits per heavy atom. The van der Waals surface area contributed by atoms with Crippen molar-refractivity contribution in [2.45, 2.75) is 168 Å². The number of carbonyl (C=O) groups excluding carboxylic acids is 8. The van der Waals surface area contributed by atoms with Gasteiger partial charge in [-0.1, -0.05) is 102 Å². The molecule has 0 saturated carbocycles. The Morgan fingerprint density at radius 2 is 1.00 bits per heavy atom. The largest absolute Gasteiger partial charge is 0.347 e. The van der Waals surface area contributed by atoms with Crippen molar-refractivity contribution < 1.29 is 38.4 Å². The van der Waals surface area contributed by atoms with Gasteiger partial charge in [-0.3, -0.25) is 38.4 Å². The van der Waals surface area contributed by atoms with Crippen molar-refractivity contribution in [1.82, 2.24) is 47.0 Å². The molecule has 2 aliphatic carbocycles. The molecule has 2 saturated heterocycles. The molecule has 7 amide bonds. The molecule has 2 fully saturated rings. The summed E-state index contributed by atoms with van der Waals surface area (Å²) in [7, 11) is 3.32. The number of amides is 7. The molecule has 17 heteroatoms. The number of ketones is 1. The van der Waals surface area contributed by atoms with Gasteiger partial charge in [0.1, 0.15) is 24.2 Å². The summed E-state index contributed by atoms with van der Waals surface area (Å²) >= 11 is 0. The fourth-order valence-corrected chi connectivity index (χ4v) is 11.2. The Morgan fingerprint density at radius 1 is 0.566 bits per heavy atom. The molecule has 0 spiro atoms. The first-order chi connectivity index (χ1) is 36.0. The number of likely N-dealkylation sites (N-methyl/N-ethyl adjacent to an activating group) is 2. The van der Waals surface area contributed by atoms with Gasteiger partial charge in [0.2, 0.25) is 35.4 Å². The van der Waals surface area contributed by atoms with E-state index in [1.807, 2.05) is 77.9 Å². The highest BCUT2D eigenvalue weighted by Gasteiger charge is 2.48. The van der Waals surface area contributed by atoms with Crippen LogP contribution in [0.2, 0.25) is 0 Å². The fraction of sp³-hybridized carbons (Fsp3) is 0.559. The molecule has 0 radical (unpaired) electrons. The third kappa shape index (κ3) is 13.4. The van der Waals surface area contributed by atoms with E-state index in [2.05, 4.69) is 49.4 Å². The molecular weight excluding hydrogens is 963 g/mol. The van der Waals surface area contributed by atoms with Crippen LogP contribution < -0.4 is 37.2 Å². The van der Waals surface area contributed by atoms with Gasteiger partial charge in [-0.2, -0.15) is 0 Å². The van der Waals surface area contributed by atoms with Gasteiger partial charge in [-0.25, -0.2) is 0 Å². The highest BCUT2D eigenvalue weighted by molar-refractivity contribution is 6.00. The smallest absolute Gasteiger partial charge is 0.251 e. The van der Waals surface area contributed by atoms with Crippen LogP contribution in [0.25, 0.3) is 0 Å². The van der Waals surface area contributed by atoms with Crippen molar-refractivity contribution >= 4 is 47.1 Å². The molecular formula is C59H81N9O8. The molecule has 76 heavy (non-hydrogen) atoms. The quantitative estimate of drug-likeness (QED) is 0.0911. The number of benzene rings is 3. The molecule has 7 rings (SSSR count). The number of rotatable bonds is 17. The van der Waals surface area contributed by atoms with Crippen LogP contribution in [0.1, 0.15) is 155 Å². The third-order valence-electron chi connectivity index (χ3n) is 16.0. The lowest BCUT2D eigenvalue weighted by Crippen LogP contribution is -2.59. The first-order valence-corrected chi connectivity index (χ1v) is 27.3. The minimum absolute atomic E-state index is 0.0241. The number of hydrogen-bond donors (Lipinski definition) is 7. The zero-order chi connectivity index (χ0) is 55.2. The molecule has 0 unspecified atom stereocenters. The molecule has 2 heterocycles. The van der Waals surface area contributed by atoms with E-state index in [4.69, 9.17) is 0 Å². The topological polar surface area (TPSA) is 227 Å². The maximum Gasteiger partial charge on any atom is 0.251 e. The molecule has 17 nitrogen and oxygen atoms in total. The van der Waals surface area contributed by atoms with Gasteiger partial charge in [0.15, 0.2) is 5.78 Å². The van der Waals surface area contributed by atoms with Crippen molar-refractivity contribution in [2.24, 2.45) is 16.7 Å². The lowest BCUT2D eigenvalue weighted by atomic mass is 9.85. The van der Waals surface area contributed by atoms with Gasteiger partial charge in [-0.05, 0) is 130 Å². The lowest BCUT2D eigenvalue weighted by Gasteiger charge is -2.36. The number of hydrogen-bond acceptors (Lipinski definition) is 10. The Bertz CT molecular complexity index is 2460. The minimum atomic E-state index is -0.975. The standard InChI is InChI=1S/C59H81N9O8/c1-34(60-9)51(70)65-49(58(3,4)5)56(75)67-32-36(29-46(67)54(73)63-44-23-15-19-37-17-11-13-21-42(37)44)30-48(69)39-25-27-40(28-26-39)53(72)62-41-31-47(55(74)64-45-24-16-20-38-18-12-14-22-43(38)45)68(33-41)57(76)50(59(6,7)8)66-52(71)35(2)61-10/h11-14,17-18,21-22,25-28,34-36,41,44-47,49-50,60-61H,15-16,19-20,23-24,29-33H2,1-10H3,(H,62,72)(H,63,73)(H,64,74)(H,65,70)(H,66,71)/t34-,35-,36-,41+,44+,45+,46-,47-,49+,50+/m0/s1. The van der Waals surface area contributed by atoms with Crippen molar-refractivity contribution in [3.8, 4) is 0 Å². The van der Waals surface area contributed by atoms with Crippen molar-refractivity contribution in [3.63, 3.8) is 0 Å². The molecule has 410 valence electrons. The second kappa shape index (κ2) is 24.3. The number of likely N-dealkylation sites (tertiary alicyclic amines) is 2. The molecule has 0 aromatic heterocycles. The number of aryl methyl sites for hydroxylation is 2. The van der Waals surface area contributed by atoms with E-state index in [9.17, 15) is 38.4 Å². The molecule has 2 aliphatic heterocycles. The van der Waals surface area contributed by atoms with Gasteiger partial charge in [0, 0.05) is 36.7 Å². The van der Waals surface area contributed by atoms with Crippen LogP contribution >= 0.6 is 0 Å². The van der Waals surface area contributed by atoms with Crippen molar-refractivity contribution in [2.75, 3.05) is 27.2 Å². The van der Waals surface area contributed by atoms with E-state index >= 15 is 0 Å². The van der Waals surface area contributed by atoms with Crippen LogP contribution in [0.4, 0.5) is 0 Å². The van der Waals surface area contributed by atoms with Crippen LogP contribution in [-0.2, 0) is 41.6 Å². The van der Waals surface area contributed by atoms with E-state index in [1.54, 1.807) is 57.1 Å². The fourth-order valence-electron chi connectivity index (χ4n) is 11.2. The highest BCUT2D eigenvalue weighted by Crippen LogP contribution is 2.35. The molecule has 7 N–H and O–H groups in total. The van der Waals surface area contributed by atoms with E-state index < -0.39 is 70.8 Å². The molecule has 3 aromatic carbocycles. The predicted molar refractivity (Wildman–Crippen MR) is 291 cm³/mol. The van der Waals surface area contributed by atoms with Crippen LogP contribution in [0, 0.1) is 16.7 Å². The predicted octanol–water partition coefficient (Wildman–Crippen LogP) is 4.84. The molecule has 0 bridgehead atoms. The van der Waals surface area contributed by atoms with Crippen molar-refractivity contribution in [3.05, 3.63) is 106 Å². The van der Waals surface area contributed by atoms with Gasteiger partial charge < -0.3 is 47.0 Å². The van der Waals surface area contributed by atoms with Crippen LogP contribution in [0.5, 0.6) is 0 Å². The first-order valence-electron chi connectivity index (χ1n) is 27.3. The van der Waals surface area contributed by atoms with Crippen LogP contribution in [0.3, 0.4) is 0 Å². The summed E-state index contributed by atoms with van der Waals surface area (Å²) in [6.07, 6.45) is 5.53. The number of nitrogens with zero attached hydrogens (tertiary/aromatic N) is 2. The van der Waals surface area contributed by atoms with E-state index in [0.29, 0.717) is 5.56 Å². The maximum atomic E-state index is 14.7. The Hall–Kier alpha value is -6.46. The van der Waals surface area contributed by atoms with E-state index in [0.717, 1.165) is 49.7 Å². The summed E-state index contributed by atoms with van der Waals surface area (Å²) in [5.41, 5.74) is 3.64. The minimum Gasteiger partial charge on any atom is -0.347 e. The third-order valence-corrected chi connectivity index (χ3v) is 16.0. The van der Waals surface area contributed by atoms with Gasteiger partial charge in [0.05, 0.1) is 24.2 Å². The Balaban J connectivity index is 1.06. The Kier molecular flexibility index (Phi) is 18.3. The normalized spacial score (nSPS) is 22.9. The van der Waals surface area contributed by atoms with E-state index in [1.165, 1.54) is 16.0 Å². The number of fused-ring (bicyclic) bond motifs is 2. The monoisotopic (exact) mass is 1040 g/mol. The van der Waals surface area contributed by atoms with Crippen molar-refractivity contribution in [1.29, 1.82) is 0 Å². The molecule has 10 atom stereocenters. The number of nitrogens with one attached hydrogen (secondary N) is 7.